The molecular weight excluding hydrogens is 301 g/mol. The van der Waals surface area contributed by atoms with Crippen LogP contribution < -0.4 is 4.72 Å². The van der Waals surface area contributed by atoms with Crippen LogP contribution in [-0.4, -0.2) is 29.5 Å². The van der Waals surface area contributed by atoms with Gasteiger partial charge in [-0.05, 0) is 18.2 Å². The number of carboxylic acid groups (broad SMARTS) is 1. The van der Waals surface area contributed by atoms with E-state index in [0.29, 0.717) is 12.2 Å². The molecule has 0 aliphatic heterocycles. The topological polar surface area (TPSA) is 112 Å². The number of nitrogens with zero attached hydrogens (tertiary/aromatic N) is 1. The molecule has 0 unspecified atom stereocenters. The number of anilines is 1. The van der Waals surface area contributed by atoms with Gasteiger partial charge in [-0.1, -0.05) is 6.92 Å². The SMILES string of the molecule is CCc1ncc(S(=O)(=O)Nc2ccc(F)c(C(=O)O)c2)[nH]1. The normalized spacial score (nSPS) is 11.3. The molecule has 1 aromatic carbocycles. The third-order valence-corrected chi connectivity index (χ3v) is 3.97. The fourth-order valence-corrected chi connectivity index (χ4v) is 2.61. The number of aromatic carboxylic acids is 1. The summed E-state index contributed by atoms with van der Waals surface area (Å²) in [6.07, 6.45) is 1.69. The molecule has 1 heterocycles. The summed E-state index contributed by atoms with van der Waals surface area (Å²) in [5.41, 5.74) is -0.671. The summed E-state index contributed by atoms with van der Waals surface area (Å²) in [5.74, 6) is -1.93. The summed E-state index contributed by atoms with van der Waals surface area (Å²) in [6.45, 7) is 1.81. The molecule has 0 saturated carbocycles. The minimum Gasteiger partial charge on any atom is -0.478 e. The Bertz CT molecular complexity index is 786. The maximum atomic E-state index is 13.3. The van der Waals surface area contributed by atoms with Crippen molar-refractivity contribution in [2.45, 2.75) is 18.4 Å². The molecule has 9 heteroatoms. The number of nitrogens with one attached hydrogen (secondary N) is 2. The van der Waals surface area contributed by atoms with E-state index in [4.69, 9.17) is 5.11 Å². The number of aryl methyl sites for hydroxylation is 1. The van der Waals surface area contributed by atoms with Gasteiger partial charge in [-0.3, -0.25) is 4.72 Å². The maximum absolute atomic E-state index is 13.3. The fourth-order valence-electron chi connectivity index (χ4n) is 1.62. The molecule has 112 valence electrons. The number of sulfonamides is 1. The zero-order valence-corrected chi connectivity index (χ0v) is 11.7. The van der Waals surface area contributed by atoms with Gasteiger partial charge in [-0.25, -0.2) is 14.2 Å². The number of hydrogen-bond donors (Lipinski definition) is 3. The standard InChI is InChI=1S/C12H12FN3O4S/c1-2-10-14-6-11(15-10)21(19,20)16-7-3-4-9(13)8(5-7)12(17)18/h3-6,16H,2H2,1H3,(H,14,15)(H,17,18). The number of imidazole rings is 1. The predicted octanol–water partition coefficient (Wildman–Crippen LogP) is 1.61. The van der Waals surface area contributed by atoms with Crippen molar-refractivity contribution < 1.29 is 22.7 Å². The maximum Gasteiger partial charge on any atom is 0.338 e. The Morgan fingerprint density at radius 2 is 2.19 bits per heavy atom. The van der Waals surface area contributed by atoms with Gasteiger partial charge < -0.3 is 10.1 Å². The Kier molecular flexibility index (Phi) is 3.94. The minimum absolute atomic E-state index is 0.0542. The highest BCUT2D eigenvalue weighted by Crippen LogP contribution is 2.18. The van der Waals surface area contributed by atoms with Gasteiger partial charge in [0.1, 0.15) is 11.6 Å². The molecular formula is C12H12FN3O4S. The number of benzene rings is 1. The van der Waals surface area contributed by atoms with Crippen molar-refractivity contribution in [3.63, 3.8) is 0 Å². The first-order valence-corrected chi connectivity index (χ1v) is 7.41. The van der Waals surface area contributed by atoms with Crippen molar-refractivity contribution in [1.29, 1.82) is 0 Å². The van der Waals surface area contributed by atoms with E-state index in [1.54, 1.807) is 0 Å². The molecule has 7 nitrogen and oxygen atoms in total. The van der Waals surface area contributed by atoms with Gasteiger partial charge in [0.15, 0.2) is 5.03 Å². The monoisotopic (exact) mass is 313 g/mol. The van der Waals surface area contributed by atoms with Gasteiger partial charge in [-0.2, -0.15) is 8.42 Å². The molecule has 0 bridgehead atoms. The van der Waals surface area contributed by atoms with Crippen molar-refractivity contribution in [1.82, 2.24) is 9.97 Å². The second-order valence-electron chi connectivity index (χ2n) is 4.15. The van der Waals surface area contributed by atoms with E-state index in [-0.39, 0.29) is 10.7 Å². The van der Waals surface area contributed by atoms with E-state index in [1.165, 1.54) is 0 Å². The Hall–Kier alpha value is -2.42. The third-order valence-electron chi connectivity index (χ3n) is 2.68. The smallest absolute Gasteiger partial charge is 0.338 e. The number of aromatic amines is 1. The van der Waals surface area contributed by atoms with Gasteiger partial charge in [0.2, 0.25) is 0 Å². The van der Waals surface area contributed by atoms with E-state index >= 15 is 0 Å². The van der Waals surface area contributed by atoms with E-state index in [9.17, 15) is 17.6 Å². The van der Waals surface area contributed by atoms with Crippen molar-refractivity contribution in [2.75, 3.05) is 4.72 Å². The number of aromatic nitrogens is 2. The zero-order valence-electron chi connectivity index (χ0n) is 10.9. The summed E-state index contributed by atoms with van der Waals surface area (Å²) in [5, 5.41) is 8.66. The fraction of sp³-hybridized carbons (Fsp3) is 0.167. The highest BCUT2D eigenvalue weighted by molar-refractivity contribution is 7.92. The molecule has 1 aromatic heterocycles. The van der Waals surface area contributed by atoms with Crippen molar-refractivity contribution in [3.8, 4) is 0 Å². The second-order valence-corrected chi connectivity index (χ2v) is 5.80. The van der Waals surface area contributed by atoms with E-state index in [0.717, 1.165) is 24.4 Å². The van der Waals surface area contributed by atoms with Gasteiger partial charge in [0.25, 0.3) is 10.0 Å². The average molecular weight is 313 g/mol. The zero-order chi connectivity index (χ0) is 15.6. The number of rotatable bonds is 5. The van der Waals surface area contributed by atoms with Crippen LogP contribution in [0.15, 0.2) is 29.4 Å². The number of carbonyl (C=O) groups is 1. The van der Waals surface area contributed by atoms with Crippen LogP contribution in [0.2, 0.25) is 0 Å². The first-order chi connectivity index (χ1) is 9.83. The molecule has 0 radical (unpaired) electrons. The molecule has 2 rings (SSSR count). The largest absolute Gasteiger partial charge is 0.478 e. The number of halogens is 1. The molecule has 0 fully saturated rings. The summed E-state index contributed by atoms with van der Waals surface area (Å²) < 4.78 is 39.6. The molecule has 0 aliphatic rings. The first kappa shape index (κ1) is 15.0. The van der Waals surface area contributed by atoms with E-state index in [1.807, 2.05) is 6.92 Å². The Labute approximate surface area is 119 Å². The van der Waals surface area contributed by atoms with Gasteiger partial charge in [-0.15, -0.1) is 0 Å². The first-order valence-electron chi connectivity index (χ1n) is 5.93. The summed E-state index contributed by atoms with van der Waals surface area (Å²) in [7, 11) is -3.94. The van der Waals surface area contributed by atoms with Gasteiger partial charge in [0, 0.05) is 12.1 Å². The predicted molar refractivity (Wildman–Crippen MR) is 72.1 cm³/mol. The van der Waals surface area contributed by atoms with Crippen molar-refractivity contribution >= 4 is 21.7 Å². The third kappa shape index (κ3) is 3.19. The second kappa shape index (κ2) is 5.52. The summed E-state index contributed by atoms with van der Waals surface area (Å²) in [4.78, 5) is 17.3. The van der Waals surface area contributed by atoms with Crippen LogP contribution in [-0.2, 0) is 16.4 Å². The molecule has 2 aromatic rings. The lowest BCUT2D eigenvalue weighted by atomic mass is 10.2. The van der Waals surface area contributed by atoms with Crippen molar-refractivity contribution in [3.05, 3.63) is 41.6 Å². The highest BCUT2D eigenvalue weighted by Gasteiger charge is 2.19. The van der Waals surface area contributed by atoms with Crippen LogP contribution in [0.1, 0.15) is 23.1 Å². The molecule has 21 heavy (non-hydrogen) atoms. The molecule has 0 aliphatic carbocycles. The Morgan fingerprint density at radius 3 is 2.76 bits per heavy atom. The van der Waals surface area contributed by atoms with Crippen LogP contribution in [0.5, 0.6) is 0 Å². The number of carboxylic acids is 1. The number of hydrogen-bond acceptors (Lipinski definition) is 4. The highest BCUT2D eigenvalue weighted by atomic mass is 32.2. The van der Waals surface area contributed by atoms with Gasteiger partial charge in [0.05, 0.1) is 11.8 Å². The quantitative estimate of drug-likeness (QED) is 0.776. The number of H-pyrrole nitrogens is 1. The summed E-state index contributed by atoms with van der Waals surface area (Å²) in [6, 6.07) is 2.93. The van der Waals surface area contributed by atoms with Crippen LogP contribution >= 0.6 is 0 Å². The summed E-state index contributed by atoms with van der Waals surface area (Å²) >= 11 is 0. The Balaban J connectivity index is 2.32. The van der Waals surface area contributed by atoms with Gasteiger partial charge >= 0.3 is 5.97 Å². The molecule has 0 atom stereocenters. The van der Waals surface area contributed by atoms with E-state index in [2.05, 4.69) is 14.7 Å². The van der Waals surface area contributed by atoms with Crippen LogP contribution in [0.4, 0.5) is 10.1 Å². The Morgan fingerprint density at radius 1 is 1.48 bits per heavy atom. The van der Waals surface area contributed by atoms with Crippen molar-refractivity contribution in [2.24, 2.45) is 0 Å². The molecule has 0 amide bonds. The lowest BCUT2D eigenvalue weighted by Crippen LogP contribution is -2.14. The average Bonchev–Trinajstić information content (AvgIpc) is 2.90. The lowest BCUT2D eigenvalue weighted by Gasteiger charge is -2.07. The van der Waals surface area contributed by atoms with E-state index < -0.39 is 27.4 Å². The van der Waals surface area contributed by atoms with Crippen LogP contribution in [0.25, 0.3) is 0 Å². The molecule has 0 spiro atoms. The molecule has 0 saturated heterocycles. The molecule has 3 N–H and O–H groups in total. The van der Waals surface area contributed by atoms with Crippen LogP contribution in [0.3, 0.4) is 0 Å². The minimum atomic E-state index is -3.94. The van der Waals surface area contributed by atoms with Crippen LogP contribution in [0, 0.1) is 5.82 Å². The lowest BCUT2D eigenvalue weighted by molar-refractivity contribution is 0.0692.